The minimum atomic E-state index is -0.470. The van der Waals surface area contributed by atoms with E-state index in [-0.39, 0.29) is 18.0 Å². The third kappa shape index (κ3) is 6.88. The highest BCUT2D eigenvalue weighted by Gasteiger charge is 2.26. The molecule has 10 heteroatoms. The number of anilines is 2. The number of thiazole rings is 1. The summed E-state index contributed by atoms with van der Waals surface area (Å²) in [6.07, 6.45) is 1.13. The lowest BCUT2D eigenvalue weighted by Gasteiger charge is -2.36. The lowest BCUT2D eigenvalue weighted by atomic mass is 9.82. The maximum Gasteiger partial charge on any atom is 0.321 e. The summed E-state index contributed by atoms with van der Waals surface area (Å²) in [5.41, 5.74) is 9.48. The molecule has 208 valence electrons. The van der Waals surface area contributed by atoms with Gasteiger partial charge in [0.15, 0.2) is 5.13 Å². The van der Waals surface area contributed by atoms with Gasteiger partial charge in [-0.2, -0.15) is 0 Å². The van der Waals surface area contributed by atoms with Crippen molar-refractivity contribution in [2.75, 3.05) is 50.1 Å². The normalized spacial score (nSPS) is 14.2. The topological polar surface area (TPSA) is 113 Å². The maximum atomic E-state index is 12.6. The number of ether oxygens (including phenoxy) is 1. The molecular weight excluding hydrogens is 512 g/mol. The molecule has 3 amide bonds. The van der Waals surface area contributed by atoms with Gasteiger partial charge in [-0.3, -0.25) is 15.0 Å². The first-order valence-corrected chi connectivity index (χ1v) is 14.1. The van der Waals surface area contributed by atoms with Gasteiger partial charge in [0.25, 0.3) is 5.91 Å². The molecule has 1 aromatic heterocycles. The van der Waals surface area contributed by atoms with E-state index < -0.39 is 5.91 Å². The van der Waals surface area contributed by atoms with Crippen molar-refractivity contribution in [2.24, 2.45) is 5.73 Å². The Kier molecular flexibility index (Phi) is 9.08. The Bertz CT molecular complexity index is 1280. The van der Waals surface area contributed by atoms with Gasteiger partial charge in [-0.05, 0) is 48.4 Å². The third-order valence-electron chi connectivity index (χ3n) is 7.21. The van der Waals surface area contributed by atoms with Crippen LogP contribution < -0.4 is 26.0 Å². The molecule has 1 aliphatic rings. The van der Waals surface area contributed by atoms with Crippen molar-refractivity contribution < 1.29 is 14.3 Å². The number of piperazine rings is 1. The minimum absolute atomic E-state index is 0.256. The van der Waals surface area contributed by atoms with Crippen LogP contribution in [0.5, 0.6) is 5.75 Å². The number of hydrogen-bond donors (Lipinski definition) is 3. The molecule has 2 heterocycles. The van der Waals surface area contributed by atoms with E-state index in [1.807, 2.05) is 41.8 Å². The number of methoxy groups -OCH3 is 1. The van der Waals surface area contributed by atoms with Gasteiger partial charge in [-0.1, -0.05) is 39.0 Å². The molecule has 0 spiro atoms. The molecule has 1 fully saturated rings. The average Bonchev–Trinajstić information content (AvgIpc) is 3.42. The van der Waals surface area contributed by atoms with Gasteiger partial charge in [0.1, 0.15) is 5.75 Å². The molecule has 9 nitrogen and oxygen atoms in total. The van der Waals surface area contributed by atoms with Gasteiger partial charge >= 0.3 is 6.03 Å². The molecule has 1 aliphatic heterocycles. The number of carbonyl (C=O) groups is 2. The fraction of sp³-hybridized carbons (Fsp3) is 0.414. The van der Waals surface area contributed by atoms with E-state index in [4.69, 9.17) is 10.5 Å². The number of primary amides is 1. The number of hydrogen-bond acceptors (Lipinski definition) is 7. The molecule has 4 N–H and O–H groups in total. The quantitative estimate of drug-likeness (QED) is 0.344. The first-order chi connectivity index (χ1) is 18.7. The number of nitrogens with two attached hydrogens (primary N) is 1. The predicted octanol–water partition coefficient (Wildman–Crippen LogP) is 4.43. The second kappa shape index (κ2) is 12.5. The molecule has 0 saturated carbocycles. The molecule has 1 saturated heterocycles. The summed E-state index contributed by atoms with van der Waals surface area (Å²) in [7, 11) is 1.64. The van der Waals surface area contributed by atoms with Crippen molar-refractivity contribution in [1.82, 2.24) is 15.2 Å². The second-order valence-corrected chi connectivity index (χ2v) is 11.1. The Morgan fingerprint density at radius 2 is 1.82 bits per heavy atom. The lowest BCUT2D eigenvalue weighted by Crippen LogP contribution is -2.47. The molecule has 2 aromatic carbocycles. The summed E-state index contributed by atoms with van der Waals surface area (Å²) in [6.45, 7) is 11.4. The zero-order valence-corrected chi connectivity index (χ0v) is 23.9. The SMILES string of the molecule is CCCN1CCN(c2ccc(CNC(=O)Nc3nc(C(C)(C)c4ccc(OC)cc4)cs3)cc2C(N)=O)CC1. The number of amides is 3. The summed E-state index contributed by atoms with van der Waals surface area (Å²) in [4.78, 5) is 34.2. The fourth-order valence-corrected chi connectivity index (χ4v) is 5.67. The number of benzene rings is 2. The Labute approximate surface area is 234 Å². The molecule has 3 aromatic rings. The molecular formula is C29H38N6O3S. The minimum Gasteiger partial charge on any atom is -0.497 e. The van der Waals surface area contributed by atoms with Crippen molar-refractivity contribution in [3.63, 3.8) is 0 Å². The summed E-state index contributed by atoms with van der Waals surface area (Å²) >= 11 is 1.38. The van der Waals surface area contributed by atoms with Crippen LogP contribution in [0.1, 0.15) is 54.4 Å². The molecule has 39 heavy (non-hydrogen) atoms. The zero-order valence-electron chi connectivity index (χ0n) is 23.1. The molecule has 0 bridgehead atoms. The van der Waals surface area contributed by atoms with E-state index in [2.05, 4.69) is 46.2 Å². The van der Waals surface area contributed by atoms with Crippen LogP contribution >= 0.6 is 11.3 Å². The van der Waals surface area contributed by atoms with E-state index in [0.717, 1.165) is 67.4 Å². The smallest absolute Gasteiger partial charge is 0.321 e. The first-order valence-electron chi connectivity index (χ1n) is 13.3. The number of aromatic nitrogens is 1. The van der Waals surface area contributed by atoms with E-state index in [1.165, 1.54) is 11.3 Å². The van der Waals surface area contributed by atoms with Crippen molar-refractivity contribution >= 4 is 34.1 Å². The molecule has 0 aliphatic carbocycles. The van der Waals surface area contributed by atoms with Gasteiger partial charge in [-0.15, -0.1) is 11.3 Å². The molecule has 4 rings (SSSR count). The molecule has 0 radical (unpaired) electrons. The zero-order chi connectivity index (χ0) is 28.0. The van der Waals surface area contributed by atoms with E-state index in [0.29, 0.717) is 10.7 Å². The van der Waals surface area contributed by atoms with E-state index in [1.54, 1.807) is 13.2 Å². The Morgan fingerprint density at radius 3 is 2.46 bits per heavy atom. The number of carbonyl (C=O) groups excluding carboxylic acids is 2. The van der Waals surface area contributed by atoms with Crippen LogP contribution in [0.25, 0.3) is 0 Å². The van der Waals surface area contributed by atoms with Crippen molar-refractivity contribution in [3.05, 3.63) is 70.2 Å². The summed E-state index contributed by atoms with van der Waals surface area (Å²) < 4.78 is 5.26. The van der Waals surface area contributed by atoms with Gasteiger partial charge in [0, 0.05) is 49.2 Å². The van der Waals surface area contributed by atoms with Gasteiger partial charge in [0.05, 0.1) is 18.4 Å². The van der Waals surface area contributed by atoms with Gasteiger partial charge in [-0.25, -0.2) is 9.78 Å². The fourth-order valence-electron chi connectivity index (χ4n) is 4.79. The van der Waals surface area contributed by atoms with Gasteiger partial charge < -0.3 is 20.7 Å². The first kappa shape index (κ1) is 28.4. The van der Waals surface area contributed by atoms with E-state index >= 15 is 0 Å². The van der Waals surface area contributed by atoms with Crippen LogP contribution in [0.2, 0.25) is 0 Å². The summed E-state index contributed by atoms with van der Waals surface area (Å²) in [5, 5.41) is 8.15. The summed E-state index contributed by atoms with van der Waals surface area (Å²) in [6, 6.07) is 13.2. The Balaban J connectivity index is 1.35. The Morgan fingerprint density at radius 1 is 1.10 bits per heavy atom. The van der Waals surface area contributed by atoms with Crippen LogP contribution in [0.15, 0.2) is 47.8 Å². The number of nitrogens with one attached hydrogen (secondary N) is 2. The number of nitrogens with zero attached hydrogens (tertiary/aromatic N) is 3. The largest absolute Gasteiger partial charge is 0.497 e. The number of rotatable bonds is 10. The Hall–Kier alpha value is -3.63. The number of urea groups is 1. The van der Waals surface area contributed by atoms with Crippen LogP contribution in [-0.2, 0) is 12.0 Å². The third-order valence-corrected chi connectivity index (χ3v) is 7.97. The van der Waals surface area contributed by atoms with Crippen molar-refractivity contribution in [3.8, 4) is 5.75 Å². The standard InChI is InChI=1S/C29H38N6O3S/c1-5-12-34-13-15-35(16-14-34)24-11-6-20(17-23(24)26(30)36)18-31-27(37)33-28-32-25(19-39-28)29(2,3)21-7-9-22(38-4)10-8-21/h6-11,17,19H,5,12-16,18H2,1-4H3,(H2,30,36)(H2,31,32,33,37). The average molecular weight is 551 g/mol. The van der Waals surface area contributed by atoms with E-state index in [9.17, 15) is 9.59 Å². The highest BCUT2D eigenvalue weighted by atomic mass is 32.1. The maximum absolute atomic E-state index is 12.6. The summed E-state index contributed by atoms with van der Waals surface area (Å²) in [5.74, 6) is 0.330. The van der Waals surface area contributed by atoms with Crippen LogP contribution in [-0.4, -0.2) is 61.7 Å². The van der Waals surface area contributed by atoms with Gasteiger partial charge in [0.2, 0.25) is 0 Å². The van der Waals surface area contributed by atoms with Crippen LogP contribution in [0.3, 0.4) is 0 Å². The predicted molar refractivity (Wildman–Crippen MR) is 157 cm³/mol. The van der Waals surface area contributed by atoms with Crippen molar-refractivity contribution in [2.45, 2.75) is 39.2 Å². The van der Waals surface area contributed by atoms with Crippen LogP contribution in [0, 0.1) is 0 Å². The molecule has 0 atom stereocenters. The van der Waals surface area contributed by atoms with Crippen LogP contribution in [0.4, 0.5) is 15.6 Å². The monoisotopic (exact) mass is 550 g/mol. The second-order valence-electron chi connectivity index (χ2n) is 10.2. The van der Waals surface area contributed by atoms with Crippen molar-refractivity contribution in [1.29, 1.82) is 0 Å². The lowest BCUT2D eigenvalue weighted by molar-refractivity contribution is 0.100. The highest BCUT2D eigenvalue weighted by Crippen LogP contribution is 2.34. The highest BCUT2D eigenvalue weighted by molar-refractivity contribution is 7.13. The molecule has 0 unspecified atom stereocenters.